The lowest BCUT2D eigenvalue weighted by molar-refractivity contribution is 0.0174. The van der Waals surface area contributed by atoms with Gasteiger partial charge in [0, 0.05) is 11.3 Å². The second-order valence-electron chi connectivity index (χ2n) is 7.45. The van der Waals surface area contributed by atoms with Gasteiger partial charge in [0.2, 0.25) is 0 Å². The standard InChI is InChI=1S/C22H28O3S/c1-3-5-15-22(4-2)16-26(24,25)19-14-10-9-13-18(19)20(21(22)23)17-11-7-6-8-12-17/h6-14,20-21,23H,3-5,15-16H2,1-2H3/t20?,21?,22-/m1/s1. The van der Waals surface area contributed by atoms with E-state index in [1.807, 2.05) is 49.4 Å². The van der Waals surface area contributed by atoms with Crippen LogP contribution in [0.5, 0.6) is 0 Å². The van der Waals surface area contributed by atoms with Gasteiger partial charge in [-0.25, -0.2) is 8.42 Å². The Hall–Kier alpha value is -1.65. The molecule has 0 aliphatic carbocycles. The summed E-state index contributed by atoms with van der Waals surface area (Å²) in [5.74, 6) is -0.320. The first kappa shape index (κ1) is 19.1. The minimum atomic E-state index is -3.46. The van der Waals surface area contributed by atoms with Gasteiger partial charge in [-0.2, -0.15) is 0 Å². The van der Waals surface area contributed by atoms with Gasteiger partial charge in [0.15, 0.2) is 9.84 Å². The molecule has 0 amide bonds. The monoisotopic (exact) mass is 372 g/mol. The topological polar surface area (TPSA) is 54.4 Å². The predicted octanol–water partition coefficient (Wildman–Crippen LogP) is 4.55. The molecule has 0 fully saturated rings. The molecule has 0 saturated heterocycles. The molecule has 0 spiro atoms. The SMILES string of the molecule is CCCC[C@]1(CC)CS(=O)(=O)c2ccccc2C(c2ccccc2)C1O. The number of fused-ring (bicyclic) bond motifs is 1. The highest BCUT2D eigenvalue weighted by atomic mass is 32.2. The Morgan fingerprint density at radius 3 is 2.35 bits per heavy atom. The average Bonchev–Trinajstić information content (AvgIpc) is 2.73. The number of rotatable bonds is 5. The maximum Gasteiger partial charge on any atom is 0.179 e. The number of unbranched alkanes of at least 4 members (excludes halogenated alkanes) is 1. The van der Waals surface area contributed by atoms with E-state index >= 15 is 0 Å². The maximum atomic E-state index is 13.2. The van der Waals surface area contributed by atoms with Gasteiger partial charge in [-0.05, 0) is 30.0 Å². The number of aliphatic hydroxyl groups is 1. The van der Waals surface area contributed by atoms with E-state index in [0.29, 0.717) is 11.3 Å². The Kier molecular flexibility index (Phi) is 5.54. The molecular formula is C22H28O3S. The van der Waals surface area contributed by atoms with E-state index < -0.39 is 21.4 Å². The number of benzene rings is 2. The number of aliphatic hydroxyl groups excluding tert-OH is 1. The normalized spacial score (nSPS) is 27.5. The van der Waals surface area contributed by atoms with Crippen LogP contribution in [0.2, 0.25) is 0 Å². The van der Waals surface area contributed by atoms with Crippen molar-refractivity contribution in [2.24, 2.45) is 5.41 Å². The van der Waals surface area contributed by atoms with Crippen molar-refractivity contribution < 1.29 is 13.5 Å². The van der Waals surface area contributed by atoms with E-state index in [9.17, 15) is 13.5 Å². The van der Waals surface area contributed by atoms with Gasteiger partial charge < -0.3 is 5.11 Å². The molecule has 3 nitrogen and oxygen atoms in total. The molecule has 2 aromatic rings. The highest BCUT2D eigenvalue weighted by Crippen LogP contribution is 2.48. The van der Waals surface area contributed by atoms with E-state index in [1.54, 1.807) is 12.1 Å². The van der Waals surface area contributed by atoms with Gasteiger partial charge in [-0.1, -0.05) is 75.2 Å². The summed E-state index contributed by atoms with van der Waals surface area (Å²) in [6.45, 7) is 4.11. The van der Waals surface area contributed by atoms with Crippen molar-refractivity contribution >= 4 is 9.84 Å². The van der Waals surface area contributed by atoms with Gasteiger partial charge >= 0.3 is 0 Å². The summed E-state index contributed by atoms with van der Waals surface area (Å²) < 4.78 is 26.5. The van der Waals surface area contributed by atoms with Gasteiger partial charge in [0.25, 0.3) is 0 Å². The fourth-order valence-corrected chi connectivity index (χ4v) is 6.62. The Labute approximate surface area is 157 Å². The Balaban J connectivity index is 2.25. The average molecular weight is 373 g/mol. The van der Waals surface area contributed by atoms with Crippen LogP contribution in [0.3, 0.4) is 0 Å². The molecule has 1 N–H and O–H groups in total. The molecule has 1 aliphatic rings. The Morgan fingerprint density at radius 2 is 1.69 bits per heavy atom. The zero-order valence-electron chi connectivity index (χ0n) is 15.6. The van der Waals surface area contributed by atoms with Crippen molar-refractivity contribution in [3.05, 3.63) is 65.7 Å². The summed E-state index contributed by atoms with van der Waals surface area (Å²) in [7, 11) is -3.46. The summed E-state index contributed by atoms with van der Waals surface area (Å²) >= 11 is 0. The van der Waals surface area contributed by atoms with Crippen LogP contribution in [0.25, 0.3) is 0 Å². The molecule has 2 aromatic carbocycles. The van der Waals surface area contributed by atoms with Crippen molar-refractivity contribution in [1.29, 1.82) is 0 Å². The van der Waals surface area contributed by atoms with Gasteiger partial charge in [0.05, 0.1) is 16.8 Å². The van der Waals surface area contributed by atoms with Crippen LogP contribution in [0.15, 0.2) is 59.5 Å². The summed E-state index contributed by atoms with van der Waals surface area (Å²) in [6, 6.07) is 17.0. The summed E-state index contributed by atoms with van der Waals surface area (Å²) in [5, 5.41) is 11.6. The third-order valence-corrected chi connectivity index (χ3v) is 7.90. The van der Waals surface area contributed by atoms with Crippen LogP contribution in [0, 0.1) is 5.41 Å². The number of sulfone groups is 1. The quantitative estimate of drug-likeness (QED) is 0.837. The van der Waals surface area contributed by atoms with Crippen LogP contribution in [0.1, 0.15) is 56.6 Å². The molecule has 3 atom stereocenters. The number of hydrogen-bond acceptors (Lipinski definition) is 3. The largest absolute Gasteiger partial charge is 0.392 e. The molecule has 26 heavy (non-hydrogen) atoms. The number of hydrogen-bond donors (Lipinski definition) is 1. The molecule has 3 rings (SSSR count). The van der Waals surface area contributed by atoms with Crippen molar-refractivity contribution in [2.75, 3.05) is 5.75 Å². The third kappa shape index (κ3) is 3.33. The smallest absolute Gasteiger partial charge is 0.179 e. The van der Waals surface area contributed by atoms with E-state index in [0.717, 1.165) is 30.4 Å². The molecule has 4 heteroatoms. The molecule has 1 aliphatic heterocycles. The van der Waals surface area contributed by atoms with E-state index in [1.165, 1.54) is 0 Å². The summed E-state index contributed by atoms with van der Waals surface area (Å²) in [6.07, 6.45) is 2.53. The van der Waals surface area contributed by atoms with Crippen LogP contribution in [-0.4, -0.2) is 25.4 Å². The molecule has 0 saturated carbocycles. The molecule has 0 bridgehead atoms. The zero-order chi connectivity index (χ0) is 18.8. The van der Waals surface area contributed by atoms with Crippen LogP contribution in [0.4, 0.5) is 0 Å². The van der Waals surface area contributed by atoms with Crippen LogP contribution < -0.4 is 0 Å². The fraction of sp³-hybridized carbons (Fsp3) is 0.455. The minimum Gasteiger partial charge on any atom is -0.392 e. The lowest BCUT2D eigenvalue weighted by Gasteiger charge is -2.39. The highest BCUT2D eigenvalue weighted by Gasteiger charge is 2.48. The Bertz CT molecular complexity index is 845. The van der Waals surface area contributed by atoms with Crippen LogP contribution in [-0.2, 0) is 9.84 Å². The first-order valence-corrected chi connectivity index (χ1v) is 11.1. The molecule has 140 valence electrons. The van der Waals surface area contributed by atoms with Crippen molar-refractivity contribution in [1.82, 2.24) is 0 Å². The Morgan fingerprint density at radius 1 is 1.04 bits per heavy atom. The van der Waals surface area contributed by atoms with Gasteiger partial charge in [-0.15, -0.1) is 0 Å². The van der Waals surface area contributed by atoms with Crippen molar-refractivity contribution in [3.8, 4) is 0 Å². The minimum absolute atomic E-state index is 0.0119. The molecular weight excluding hydrogens is 344 g/mol. The predicted molar refractivity (Wildman–Crippen MR) is 105 cm³/mol. The first-order chi connectivity index (χ1) is 12.4. The lowest BCUT2D eigenvalue weighted by atomic mass is 9.69. The van der Waals surface area contributed by atoms with E-state index in [-0.39, 0.29) is 11.7 Å². The lowest BCUT2D eigenvalue weighted by Crippen LogP contribution is -2.42. The first-order valence-electron chi connectivity index (χ1n) is 9.50. The molecule has 1 heterocycles. The molecule has 0 aromatic heterocycles. The van der Waals surface area contributed by atoms with Crippen LogP contribution >= 0.6 is 0 Å². The zero-order valence-corrected chi connectivity index (χ0v) is 16.4. The van der Waals surface area contributed by atoms with E-state index in [4.69, 9.17) is 0 Å². The second-order valence-corrected chi connectivity index (χ2v) is 9.41. The van der Waals surface area contributed by atoms with Crippen molar-refractivity contribution in [2.45, 2.75) is 56.4 Å². The van der Waals surface area contributed by atoms with E-state index in [2.05, 4.69) is 6.92 Å². The summed E-state index contributed by atoms with van der Waals surface area (Å²) in [5.41, 5.74) is 1.06. The van der Waals surface area contributed by atoms with Gasteiger partial charge in [0.1, 0.15) is 0 Å². The maximum absolute atomic E-state index is 13.2. The molecule has 0 radical (unpaired) electrons. The van der Waals surface area contributed by atoms with Crippen molar-refractivity contribution in [3.63, 3.8) is 0 Å². The fourth-order valence-electron chi connectivity index (χ4n) is 4.34. The summed E-state index contributed by atoms with van der Waals surface area (Å²) in [4.78, 5) is 0.375. The highest BCUT2D eigenvalue weighted by molar-refractivity contribution is 7.91. The second kappa shape index (κ2) is 7.53. The molecule has 2 unspecified atom stereocenters. The third-order valence-electron chi connectivity index (χ3n) is 5.90. The van der Waals surface area contributed by atoms with Gasteiger partial charge in [-0.3, -0.25) is 0 Å².